The van der Waals surface area contributed by atoms with E-state index >= 15 is 0 Å². The molecule has 0 spiro atoms. The minimum Gasteiger partial charge on any atom is -0.353 e. The normalized spacial score (nSPS) is 25.5. The fraction of sp³-hybridized carbons (Fsp3) is 0.917. The molecule has 0 bridgehead atoms. The van der Waals surface area contributed by atoms with Gasteiger partial charge in [0, 0.05) is 19.1 Å². The molecule has 0 aromatic carbocycles. The zero-order chi connectivity index (χ0) is 14.6. The van der Waals surface area contributed by atoms with Gasteiger partial charge in [0.25, 0.3) is 10.2 Å². The van der Waals surface area contributed by atoms with Crippen molar-refractivity contribution in [3.8, 4) is 0 Å². The third-order valence-corrected chi connectivity index (χ3v) is 4.53. The van der Waals surface area contributed by atoms with E-state index < -0.39 is 10.2 Å². The van der Waals surface area contributed by atoms with E-state index in [2.05, 4.69) is 10.0 Å². The smallest absolute Gasteiger partial charge is 0.279 e. The average Bonchev–Trinajstić information content (AvgIpc) is 2.24. The van der Waals surface area contributed by atoms with Crippen LogP contribution >= 0.6 is 0 Å². The predicted molar refractivity (Wildman–Crippen MR) is 74.7 cm³/mol. The van der Waals surface area contributed by atoms with Crippen LogP contribution in [-0.2, 0) is 15.0 Å². The van der Waals surface area contributed by atoms with Gasteiger partial charge in [-0.3, -0.25) is 4.79 Å². The molecule has 1 aliphatic heterocycles. The van der Waals surface area contributed by atoms with Gasteiger partial charge in [-0.15, -0.1) is 0 Å². The molecule has 1 amide bonds. The first kappa shape index (κ1) is 16.4. The van der Waals surface area contributed by atoms with Gasteiger partial charge in [-0.05, 0) is 32.1 Å². The van der Waals surface area contributed by atoms with E-state index in [0.29, 0.717) is 24.9 Å². The topological polar surface area (TPSA) is 78.5 Å². The van der Waals surface area contributed by atoms with Gasteiger partial charge in [-0.25, -0.2) is 0 Å². The van der Waals surface area contributed by atoms with E-state index in [0.717, 1.165) is 6.42 Å². The third-order valence-electron chi connectivity index (χ3n) is 3.04. The lowest BCUT2D eigenvalue weighted by Crippen LogP contribution is -2.50. The Hall–Kier alpha value is -0.660. The van der Waals surface area contributed by atoms with E-state index in [4.69, 9.17) is 0 Å². The number of hydrogen-bond acceptors (Lipinski definition) is 3. The molecule has 2 unspecified atom stereocenters. The summed E-state index contributed by atoms with van der Waals surface area (Å²) in [6, 6.07) is 0.00651. The van der Waals surface area contributed by atoms with Gasteiger partial charge >= 0.3 is 0 Å². The molecule has 0 aromatic heterocycles. The first-order chi connectivity index (χ1) is 8.70. The van der Waals surface area contributed by atoms with E-state index in [-0.39, 0.29) is 18.5 Å². The molecule has 0 radical (unpaired) electrons. The summed E-state index contributed by atoms with van der Waals surface area (Å²) in [7, 11) is -3.56. The molecule has 1 heterocycles. The second-order valence-corrected chi connectivity index (χ2v) is 7.57. The van der Waals surface area contributed by atoms with Gasteiger partial charge in [-0.2, -0.15) is 17.4 Å². The Morgan fingerprint density at radius 2 is 1.79 bits per heavy atom. The third kappa shape index (κ3) is 5.46. The Balaban J connectivity index is 2.53. The highest BCUT2D eigenvalue weighted by Gasteiger charge is 2.30. The fourth-order valence-corrected chi connectivity index (χ4v) is 3.82. The van der Waals surface area contributed by atoms with Crippen molar-refractivity contribution in [1.29, 1.82) is 0 Å². The highest BCUT2D eigenvalue weighted by molar-refractivity contribution is 7.87. The first-order valence-electron chi connectivity index (χ1n) is 6.74. The maximum Gasteiger partial charge on any atom is 0.279 e. The van der Waals surface area contributed by atoms with E-state index in [9.17, 15) is 13.2 Å². The van der Waals surface area contributed by atoms with Crippen LogP contribution in [0.5, 0.6) is 0 Å². The Kier molecular flexibility index (Phi) is 5.76. The van der Waals surface area contributed by atoms with Gasteiger partial charge in [0.2, 0.25) is 5.91 Å². The zero-order valence-electron chi connectivity index (χ0n) is 12.1. The zero-order valence-corrected chi connectivity index (χ0v) is 13.0. The van der Waals surface area contributed by atoms with E-state index in [1.807, 2.05) is 27.7 Å². The number of carbonyl (C=O) groups is 1. The molecule has 6 nitrogen and oxygen atoms in total. The summed E-state index contributed by atoms with van der Waals surface area (Å²) in [5, 5.41) is 2.65. The SMILES string of the molecule is CC1CC(C)CN(S(=O)(=O)NCC(=O)NC(C)C)C1. The number of hydrogen-bond donors (Lipinski definition) is 2. The Labute approximate surface area is 116 Å². The second kappa shape index (κ2) is 6.67. The number of rotatable bonds is 5. The van der Waals surface area contributed by atoms with Crippen LogP contribution in [-0.4, -0.2) is 44.3 Å². The van der Waals surface area contributed by atoms with Crippen molar-refractivity contribution >= 4 is 16.1 Å². The molecule has 0 saturated carbocycles. The molecule has 1 aliphatic rings. The van der Waals surface area contributed by atoms with Crippen molar-refractivity contribution in [3.63, 3.8) is 0 Å². The van der Waals surface area contributed by atoms with Gasteiger partial charge in [0.05, 0.1) is 6.54 Å². The number of amides is 1. The molecule has 2 N–H and O–H groups in total. The Bertz CT molecular complexity index is 398. The predicted octanol–water partition coefficient (Wildman–Crippen LogP) is 0.323. The first-order valence-corrected chi connectivity index (χ1v) is 8.18. The molecular formula is C12H25N3O3S. The van der Waals surface area contributed by atoms with Crippen molar-refractivity contribution in [3.05, 3.63) is 0 Å². The second-order valence-electron chi connectivity index (χ2n) is 5.81. The van der Waals surface area contributed by atoms with Crippen LogP contribution in [0.4, 0.5) is 0 Å². The Morgan fingerprint density at radius 1 is 1.26 bits per heavy atom. The van der Waals surface area contributed by atoms with Gasteiger partial charge in [0.1, 0.15) is 0 Å². The van der Waals surface area contributed by atoms with E-state index in [1.54, 1.807) is 0 Å². The summed E-state index contributed by atoms with van der Waals surface area (Å²) in [4.78, 5) is 11.5. The highest BCUT2D eigenvalue weighted by Crippen LogP contribution is 2.22. The molecule has 1 saturated heterocycles. The van der Waals surface area contributed by atoms with Crippen LogP contribution in [0.3, 0.4) is 0 Å². The van der Waals surface area contributed by atoms with Gasteiger partial charge in [-0.1, -0.05) is 13.8 Å². The lowest BCUT2D eigenvalue weighted by molar-refractivity contribution is -0.120. The maximum absolute atomic E-state index is 12.1. The van der Waals surface area contributed by atoms with Crippen molar-refractivity contribution < 1.29 is 13.2 Å². The molecule has 0 aromatic rings. The molecule has 1 rings (SSSR count). The van der Waals surface area contributed by atoms with Crippen LogP contribution < -0.4 is 10.0 Å². The summed E-state index contributed by atoms with van der Waals surface area (Å²) >= 11 is 0. The maximum atomic E-state index is 12.1. The molecule has 1 fully saturated rings. The lowest BCUT2D eigenvalue weighted by Gasteiger charge is -2.33. The summed E-state index contributed by atoms with van der Waals surface area (Å²) in [6.45, 7) is 8.59. The monoisotopic (exact) mass is 291 g/mol. The summed E-state index contributed by atoms with van der Waals surface area (Å²) in [5.41, 5.74) is 0. The van der Waals surface area contributed by atoms with Gasteiger partial charge in [0.15, 0.2) is 0 Å². The van der Waals surface area contributed by atoms with E-state index in [1.165, 1.54) is 4.31 Å². The fourth-order valence-electron chi connectivity index (χ4n) is 2.42. The molecule has 0 aliphatic carbocycles. The number of carbonyl (C=O) groups excluding carboxylic acids is 1. The lowest BCUT2D eigenvalue weighted by atomic mass is 9.94. The highest BCUT2D eigenvalue weighted by atomic mass is 32.2. The number of nitrogens with zero attached hydrogens (tertiary/aromatic N) is 1. The summed E-state index contributed by atoms with van der Waals surface area (Å²) in [6.07, 6.45) is 1.04. The summed E-state index contributed by atoms with van der Waals surface area (Å²) < 4.78 is 28.0. The van der Waals surface area contributed by atoms with Gasteiger partial charge < -0.3 is 5.32 Å². The number of nitrogens with one attached hydrogen (secondary N) is 2. The largest absolute Gasteiger partial charge is 0.353 e. The molecule has 112 valence electrons. The quantitative estimate of drug-likeness (QED) is 0.766. The van der Waals surface area contributed by atoms with Crippen LogP contribution in [0.25, 0.3) is 0 Å². The van der Waals surface area contributed by atoms with Crippen LogP contribution in [0.15, 0.2) is 0 Å². The van der Waals surface area contributed by atoms with Crippen LogP contribution in [0.1, 0.15) is 34.1 Å². The number of piperidine rings is 1. The van der Waals surface area contributed by atoms with Crippen molar-refractivity contribution in [2.45, 2.75) is 40.2 Å². The molecule has 2 atom stereocenters. The van der Waals surface area contributed by atoms with Crippen molar-refractivity contribution in [2.24, 2.45) is 11.8 Å². The molecule has 7 heteroatoms. The van der Waals surface area contributed by atoms with Crippen molar-refractivity contribution in [1.82, 2.24) is 14.3 Å². The average molecular weight is 291 g/mol. The minimum atomic E-state index is -3.56. The van der Waals surface area contributed by atoms with Crippen LogP contribution in [0, 0.1) is 11.8 Å². The summed E-state index contributed by atoms with van der Waals surface area (Å²) in [5.74, 6) is 0.395. The standard InChI is InChI=1S/C12H25N3O3S/c1-9(2)14-12(16)6-13-19(17,18)15-7-10(3)5-11(4)8-15/h9-11,13H,5-8H2,1-4H3,(H,14,16). The minimum absolute atomic E-state index is 0.00651. The van der Waals surface area contributed by atoms with Crippen molar-refractivity contribution in [2.75, 3.05) is 19.6 Å². The Morgan fingerprint density at radius 3 is 2.26 bits per heavy atom. The molecule has 19 heavy (non-hydrogen) atoms. The van der Waals surface area contributed by atoms with Crippen LogP contribution in [0.2, 0.25) is 0 Å². The molecular weight excluding hydrogens is 266 g/mol.